The van der Waals surface area contributed by atoms with Crippen molar-refractivity contribution in [2.75, 3.05) is 0 Å². The molecule has 0 amide bonds. The van der Waals surface area contributed by atoms with E-state index < -0.39 is 5.60 Å². The third-order valence-corrected chi connectivity index (χ3v) is 11.5. The van der Waals surface area contributed by atoms with Gasteiger partial charge in [0.25, 0.3) is 0 Å². The van der Waals surface area contributed by atoms with Crippen molar-refractivity contribution in [3.63, 3.8) is 0 Å². The van der Waals surface area contributed by atoms with Crippen LogP contribution in [0.25, 0.3) is 10.9 Å². The quantitative estimate of drug-likeness (QED) is 0.622. The van der Waals surface area contributed by atoms with Gasteiger partial charge in [-0.1, -0.05) is 13.8 Å². The van der Waals surface area contributed by atoms with Gasteiger partial charge in [-0.25, -0.2) is 0 Å². The van der Waals surface area contributed by atoms with E-state index in [0.717, 1.165) is 42.0 Å². The first kappa shape index (κ1) is 22.7. The number of fused-ring (bicyclic) bond motifs is 6. The zero-order chi connectivity index (χ0) is 23.7. The van der Waals surface area contributed by atoms with E-state index in [1.54, 1.807) is 6.20 Å². The Kier molecular flexibility index (Phi) is 5.26. The molecule has 0 aliphatic heterocycles. The summed E-state index contributed by atoms with van der Waals surface area (Å²) in [6.45, 7) is 7.28. The first-order valence-corrected chi connectivity index (χ1v) is 13.8. The van der Waals surface area contributed by atoms with Crippen LogP contribution in [-0.2, 0) is 11.3 Å². The van der Waals surface area contributed by atoms with E-state index in [1.165, 1.54) is 44.9 Å². The van der Waals surface area contributed by atoms with Crippen LogP contribution in [0.3, 0.4) is 0 Å². The van der Waals surface area contributed by atoms with Crippen LogP contribution in [0.5, 0.6) is 0 Å². The van der Waals surface area contributed by atoms with Crippen molar-refractivity contribution in [3.05, 3.63) is 24.7 Å². The molecule has 2 heterocycles. The molecule has 0 radical (unpaired) electrons. The van der Waals surface area contributed by atoms with E-state index in [-0.39, 0.29) is 11.3 Å². The Balaban J connectivity index is 1.23. The maximum atomic E-state index is 13.7. The minimum absolute atomic E-state index is 0.126. The number of Topliss-reactive ketones (excluding diaryl/α,β-unsaturated/α-hetero) is 1. The summed E-state index contributed by atoms with van der Waals surface area (Å²) in [6, 6.07) is 1.96. The Morgan fingerprint density at radius 3 is 2.76 bits per heavy atom. The van der Waals surface area contributed by atoms with Crippen molar-refractivity contribution in [2.24, 2.45) is 40.4 Å². The molecule has 4 saturated carbocycles. The predicted octanol–water partition coefficient (Wildman–Crippen LogP) is 5.80. The molecule has 0 unspecified atom stereocenters. The minimum atomic E-state index is -0.476. The van der Waals surface area contributed by atoms with Gasteiger partial charge in [-0.2, -0.15) is 5.10 Å². The van der Waals surface area contributed by atoms with Gasteiger partial charge in [-0.3, -0.25) is 14.5 Å². The monoisotopic (exact) mass is 463 g/mol. The van der Waals surface area contributed by atoms with Crippen LogP contribution in [0.4, 0.5) is 0 Å². The molecule has 2 aromatic rings. The Hall–Kier alpha value is -1.75. The minimum Gasteiger partial charge on any atom is -0.390 e. The second-order valence-electron chi connectivity index (χ2n) is 12.8. The molecular weight excluding hydrogens is 422 g/mol. The predicted molar refractivity (Wildman–Crippen MR) is 133 cm³/mol. The van der Waals surface area contributed by atoms with Crippen molar-refractivity contribution in [2.45, 2.75) is 97.1 Å². The summed E-state index contributed by atoms with van der Waals surface area (Å²) < 4.78 is 1.86. The van der Waals surface area contributed by atoms with Crippen LogP contribution in [0, 0.1) is 40.4 Å². The molecular formula is C29H41N3O2. The second-order valence-corrected chi connectivity index (χ2v) is 12.8. The first-order valence-electron chi connectivity index (χ1n) is 13.8. The fraction of sp³-hybridized carbons (Fsp3) is 0.759. The number of carbonyl (C=O) groups is 1. The summed E-state index contributed by atoms with van der Waals surface area (Å²) in [5.74, 6) is 3.39. The highest BCUT2D eigenvalue weighted by molar-refractivity contribution is 5.84. The molecule has 0 bridgehead atoms. The van der Waals surface area contributed by atoms with E-state index in [4.69, 9.17) is 0 Å². The molecule has 4 aliphatic rings. The van der Waals surface area contributed by atoms with Crippen molar-refractivity contribution < 1.29 is 9.90 Å². The topological polar surface area (TPSA) is 68.0 Å². The molecule has 6 rings (SSSR count). The number of hydrogen-bond acceptors (Lipinski definition) is 4. The molecule has 0 spiro atoms. The van der Waals surface area contributed by atoms with Crippen molar-refractivity contribution in [1.82, 2.24) is 14.8 Å². The molecule has 0 saturated heterocycles. The van der Waals surface area contributed by atoms with Crippen LogP contribution >= 0.6 is 0 Å². The number of nitrogens with zero attached hydrogens (tertiary/aromatic N) is 3. The van der Waals surface area contributed by atoms with Crippen LogP contribution in [0.1, 0.15) is 85.0 Å². The molecule has 4 aliphatic carbocycles. The van der Waals surface area contributed by atoms with Gasteiger partial charge in [0.05, 0.1) is 23.5 Å². The summed E-state index contributed by atoms with van der Waals surface area (Å²) in [6.07, 6.45) is 17.1. The average molecular weight is 464 g/mol. The zero-order valence-corrected chi connectivity index (χ0v) is 21.2. The molecule has 4 fully saturated rings. The molecule has 2 aromatic heterocycles. The van der Waals surface area contributed by atoms with Gasteiger partial charge in [-0.05, 0) is 112 Å². The largest absolute Gasteiger partial charge is 0.390 e. The molecule has 34 heavy (non-hydrogen) atoms. The van der Waals surface area contributed by atoms with Gasteiger partial charge in [0, 0.05) is 17.5 Å². The Morgan fingerprint density at radius 2 is 1.94 bits per heavy atom. The van der Waals surface area contributed by atoms with E-state index in [2.05, 4.69) is 30.9 Å². The van der Waals surface area contributed by atoms with E-state index >= 15 is 0 Å². The number of aliphatic hydroxyl groups is 1. The summed E-state index contributed by atoms with van der Waals surface area (Å²) >= 11 is 0. The summed E-state index contributed by atoms with van der Waals surface area (Å²) in [4.78, 5) is 17.9. The third kappa shape index (κ3) is 3.25. The fourth-order valence-electron chi connectivity index (χ4n) is 9.77. The Morgan fingerprint density at radius 1 is 1.09 bits per heavy atom. The Bertz CT molecular complexity index is 1090. The summed E-state index contributed by atoms with van der Waals surface area (Å²) in [5, 5.41) is 16.4. The average Bonchev–Trinajstić information content (AvgIpc) is 3.39. The fourth-order valence-corrected chi connectivity index (χ4v) is 9.77. The lowest BCUT2D eigenvalue weighted by molar-refractivity contribution is -0.158. The maximum Gasteiger partial charge on any atom is 0.157 e. The van der Waals surface area contributed by atoms with Crippen LogP contribution < -0.4 is 0 Å². The molecule has 1 N–H and O–H groups in total. The van der Waals surface area contributed by atoms with Crippen molar-refractivity contribution in [3.8, 4) is 0 Å². The van der Waals surface area contributed by atoms with Crippen LogP contribution in [0.2, 0.25) is 0 Å². The summed E-state index contributed by atoms with van der Waals surface area (Å²) in [7, 11) is 0. The van der Waals surface area contributed by atoms with Gasteiger partial charge < -0.3 is 5.11 Å². The lowest BCUT2D eigenvalue weighted by atomic mass is 9.42. The van der Waals surface area contributed by atoms with Gasteiger partial charge in [0.1, 0.15) is 6.54 Å². The molecule has 5 heteroatoms. The molecule has 184 valence electrons. The van der Waals surface area contributed by atoms with Crippen molar-refractivity contribution >= 4 is 16.7 Å². The standard InChI is InChI=1S/C29H41N3O2/c1-4-29-13-12-27(2,34)15-20(29)5-6-21-22-7-8-24(28(22,3)11-9-23(21)29)26(33)18-32-25-17-30-14-10-19(25)16-31-32/h10,14,16-17,20-24,34H,4-9,11-13,15,18H2,1-3H3/t20-,21-,22-,23-,24+,27+,28-,29-/m0/s1. The zero-order valence-electron chi connectivity index (χ0n) is 21.2. The second kappa shape index (κ2) is 7.88. The highest BCUT2D eigenvalue weighted by Crippen LogP contribution is 2.69. The number of rotatable bonds is 4. The van der Waals surface area contributed by atoms with Gasteiger partial charge >= 0.3 is 0 Å². The van der Waals surface area contributed by atoms with Crippen LogP contribution in [-0.4, -0.2) is 31.3 Å². The molecule has 8 atom stereocenters. The third-order valence-electron chi connectivity index (χ3n) is 11.5. The lowest BCUT2D eigenvalue weighted by Crippen LogP contribution is -2.56. The first-order chi connectivity index (χ1) is 16.3. The number of carbonyl (C=O) groups excluding carboxylic acids is 1. The van der Waals surface area contributed by atoms with Gasteiger partial charge in [-0.15, -0.1) is 0 Å². The molecule has 0 aromatic carbocycles. The smallest absolute Gasteiger partial charge is 0.157 e. The van der Waals surface area contributed by atoms with Crippen LogP contribution in [0.15, 0.2) is 24.7 Å². The Labute approximate surface area is 203 Å². The SMILES string of the molecule is CC[C@]12CC[C@@](C)(O)C[C@@H]1CC[C@H]1[C@@H]3CC[C@H](C(=O)Cn4ncc5ccncc54)[C@@]3(C)CC[C@@H]12. The highest BCUT2D eigenvalue weighted by atomic mass is 16.3. The van der Waals surface area contributed by atoms with Gasteiger partial charge in [0.15, 0.2) is 5.78 Å². The number of ketones is 1. The highest BCUT2D eigenvalue weighted by Gasteiger charge is 2.62. The number of aromatic nitrogens is 3. The van der Waals surface area contributed by atoms with Gasteiger partial charge in [0.2, 0.25) is 0 Å². The lowest BCUT2D eigenvalue weighted by Gasteiger charge is -2.63. The van der Waals surface area contributed by atoms with Crippen molar-refractivity contribution in [1.29, 1.82) is 0 Å². The van der Waals surface area contributed by atoms with E-state index in [0.29, 0.717) is 29.6 Å². The normalized spacial score (nSPS) is 43.8. The molecule has 5 nitrogen and oxygen atoms in total. The number of pyridine rings is 1. The van der Waals surface area contributed by atoms with E-state index in [1.807, 2.05) is 23.1 Å². The summed E-state index contributed by atoms with van der Waals surface area (Å²) in [5.41, 5.74) is 1.02. The number of hydrogen-bond donors (Lipinski definition) is 1. The maximum absolute atomic E-state index is 13.7. The van der Waals surface area contributed by atoms with E-state index in [9.17, 15) is 9.90 Å².